The first kappa shape index (κ1) is 14.6. The zero-order valence-corrected chi connectivity index (χ0v) is 13.0. The van der Waals surface area contributed by atoms with Crippen LogP contribution >= 0.6 is 0 Å². The second-order valence-corrected chi connectivity index (χ2v) is 5.68. The number of hydrogen-bond donors (Lipinski definition) is 2. The van der Waals surface area contributed by atoms with E-state index in [4.69, 9.17) is 4.52 Å². The van der Waals surface area contributed by atoms with Crippen molar-refractivity contribution >= 4 is 5.91 Å². The van der Waals surface area contributed by atoms with Gasteiger partial charge in [-0.1, -0.05) is 29.4 Å². The fraction of sp³-hybridized carbons (Fsp3) is 0.167. The standard InChI is InChI=1S/C18H16N4O2/c23-18(17-8-16(22-24-17)15-3-1-2-6-20-15)21-9-12-4-5-13-10-19-11-14(13)7-12/h1-8,19H,9-11H2,(H,21,23). The van der Waals surface area contributed by atoms with Crippen LogP contribution in [0.25, 0.3) is 11.4 Å². The third-order valence-electron chi connectivity index (χ3n) is 4.02. The fourth-order valence-electron chi connectivity index (χ4n) is 2.74. The van der Waals surface area contributed by atoms with Gasteiger partial charge in [-0.3, -0.25) is 9.78 Å². The Bertz CT molecular complexity index is 874. The number of nitrogens with one attached hydrogen (secondary N) is 2. The van der Waals surface area contributed by atoms with E-state index in [1.807, 2.05) is 24.3 Å². The summed E-state index contributed by atoms with van der Waals surface area (Å²) >= 11 is 0. The Labute approximate surface area is 138 Å². The predicted molar refractivity (Wildman–Crippen MR) is 87.9 cm³/mol. The first-order chi connectivity index (χ1) is 11.8. The Balaban J connectivity index is 1.42. The maximum atomic E-state index is 12.2. The molecule has 0 saturated carbocycles. The molecule has 0 aliphatic carbocycles. The molecule has 0 spiro atoms. The van der Waals surface area contributed by atoms with Crippen molar-refractivity contribution in [2.75, 3.05) is 0 Å². The van der Waals surface area contributed by atoms with Crippen molar-refractivity contribution < 1.29 is 9.32 Å². The highest BCUT2D eigenvalue weighted by molar-refractivity contribution is 5.92. The molecule has 0 saturated heterocycles. The van der Waals surface area contributed by atoms with E-state index in [1.165, 1.54) is 11.1 Å². The number of benzene rings is 1. The van der Waals surface area contributed by atoms with Crippen molar-refractivity contribution in [3.8, 4) is 11.4 Å². The molecule has 1 aliphatic heterocycles. The molecule has 3 heterocycles. The summed E-state index contributed by atoms with van der Waals surface area (Å²) in [4.78, 5) is 16.4. The van der Waals surface area contributed by atoms with Crippen molar-refractivity contribution in [2.24, 2.45) is 0 Å². The average molecular weight is 320 g/mol. The predicted octanol–water partition coefficient (Wildman–Crippen LogP) is 2.27. The summed E-state index contributed by atoms with van der Waals surface area (Å²) in [5.74, 6) is -0.109. The molecule has 1 amide bonds. The van der Waals surface area contributed by atoms with E-state index in [9.17, 15) is 4.79 Å². The molecule has 1 aromatic carbocycles. The van der Waals surface area contributed by atoms with Gasteiger partial charge in [0.05, 0.1) is 5.69 Å². The van der Waals surface area contributed by atoms with Crippen LogP contribution in [0.15, 0.2) is 53.2 Å². The minimum absolute atomic E-state index is 0.179. The lowest BCUT2D eigenvalue weighted by Gasteiger charge is -2.05. The van der Waals surface area contributed by atoms with Crippen LogP contribution in [0.2, 0.25) is 0 Å². The molecule has 0 unspecified atom stereocenters. The minimum atomic E-state index is -0.289. The molecule has 0 atom stereocenters. The third kappa shape index (κ3) is 2.91. The van der Waals surface area contributed by atoms with Gasteiger partial charge in [-0.15, -0.1) is 0 Å². The first-order valence-corrected chi connectivity index (χ1v) is 7.77. The number of rotatable bonds is 4. The molecular weight excluding hydrogens is 304 g/mol. The quantitative estimate of drug-likeness (QED) is 0.771. The number of carbonyl (C=O) groups excluding carboxylic acids is 1. The lowest BCUT2D eigenvalue weighted by Crippen LogP contribution is -2.22. The van der Waals surface area contributed by atoms with E-state index < -0.39 is 0 Å². The molecule has 24 heavy (non-hydrogen) atoms. The van der Waals surface area contributed by atoms with Gasteiger partial charge in [0, 0.05) is 31.9 Å². The van der Waals surface area contributed by atoms with Gasteiger partial charge in [0.2, 0.25) is 5.76 Å². The van der Waals surface area contributed by atoms with Crippen LogP contribution in [0.1, 0.15) is 27.2 Å². The Hall–Kier alpha value is -2.99. The largest absolute Gasteiger partial charge is 0.350 e. The average Bonchev–Trinajstić information content (AvgIpc) is 3.29. The van der Waals surface area contributed by atoms with Crippen molar-refractivity contribution in [1.29, 1.82) is 0 Å². The van der Waals surface area contributed by atoms with E-state index in [0.717, 1.165) is 18.7 Å². The van der Waals surface area contributed by atoms with Gasteiger partial charge in [-0.05, 0) is 28.8 Å². The Morgan fingerprint density at radius 2 is 2.04 bits per heavy atom. The Morgan fingerprint density at radius 3 is 2.92 bits per heavy atom. The smallest absolute Gasteiger partial charge is 0.290 e. The van der Waals surface area contributed by atoms with Crippen molar-refractivity contribution in [2.45, 2.75) is 19.6 Å². The molecule has 120 valence electrons. The summed E-state index contributed by atoms with van der Waals surface area (Å²) < 4.78 is 5.13. The molecule has 6 heteroatoms. The number of pyridine rings is 1. The van der Waals surface area contributed by atoms with Crippen molar-refractivity contribution in [3.63, 3.8) is 0 Å². The zero-order valence-electron chi connectivity index (χ0n) is 13.0. The second-order valence-electron chi connectivity index (χ2n) is 5.68. The highest BCUT2D eigenvalue weighted by Crippen LogP contribution is 2.18. The number of carbonyl (C=O) groups is 1. The molecule has 2 aromatic heterocycles. The van der Waals surface area contributed by atoms with Gasteiger partial charge < -0.3 is 15.2 Å². The zero-order chi connectivity index (χ0) is 16.4. The number of hydrogen-bond acceptors (Lipinski definition) is 5. The van der Waals surface area contributed by atoms with Crippen molar-refractivity contribution in [3.05, 3.63) is 71.1 Å². The van der Waals surface area contributed by atoms with Crippen LogP contribution in [-0.4, -0.2) is 16.0 Å². The lowest BCUT2D eigenvalue weighted by molar-refractivity contribution is 0.0914. The van der Waals surface area contributed by atoms with Crippen LogP contribution in [0, 0.1) is 0 Å². The Morgan fingerprint density at radius 1 is 1.12 bits per heavy atom. The third-order valence-corrected chi connectivity index (χ3v) is 4.02. The van der Waals surface area contributed by atoms with E-state index in [1.54, 1.807) is 12.3 Å². The highest BCUT2D eigenvalue weighted by atomic mass is 16.5. The van der Waals surface area contributed by atoms with E-state index in [2.05, 4.69) is 32.9 Å². The van der Waals surface area contributed by atoms with Gasteiger partial charge >= 0.3 is 0 Å². The Kier molecular flexibility index (Phi) is 3.80. The van der Waals surface area contributed by atoms with Gasteiger partial charge in [0.15, 0.2) is 0 Å². The van der Waals surface area contributed by atoms with Crippen LogP contribution in [0.3, 0.4) is 0 Å². The van der Waals surface area contributed by atoms with E-state index in [0.29, 0.717) is 17.9 Å². The van der Waals surface area contributed by atoms with Gasteiger partial charge in [-0.25, -0.2) is 0 Å². The first-order valence-electron chi connectivity index (χ1n) is 7.77. The molecule has 0 radical (unpaired) electrons. The summed E-state index contributed by atoms with van der Waals surface area (Å²) in [6.07, 6.45) is 1.67. The van der Waals surface area contributed by atoms with Gasteiger partial charge in [-0.2, -0.15) is 0 Å². The van der Waals surface area contributed by atoms with E-state index >= 15 is 0 Å². The molecule has 6 nitrogen and oxygen atoms in total. The summed E-state index contributed by atoms with van der Waals surface area (Å²) in [5.41, 5.74) is 4.89. The van der Waals surface area contributed by atoms with E-state index in [-0.39, 0.29) is 11.7 Å². The number of amides is 1. The fourth-order valence-corrected chi connectivity index (χ4v) is 2.74. The van der Waals surface area contributed by atoms with Gasteiger partial charge in [0.25, 0.3) is 5.91 Å². The molecule has 2 N–H and O–H groups in total. The topological polar surface area (TPSA) is 80.0 Å². The number of fused-ring (bicyclic) bond motifs is 1. The number of nitrogens with zero attached hydrogens (tertiary/aromatic N) is 2. The molecule has 0 bridgehead atoms. The summed E-state index contributed by atoms with van der Waals surface area (Å²) in [6.45, 7) is 2.24. The highest BCUT2D eigenvalue weighted by Gasteiger charge is 2.15. The lowest BCUT2D eigenvalue weighted by atomic mass is 10.1. The SMILES string of the molecule is O=C(NCc1ccc2c(c1)CNC2)c1cc(-c2ccccn2)no1. The molecule has 1 aliphatic rings. The second kappa shape index (κ2) is 6.25. The molecule has 4 rings (SSSR count). The summed E-state index contributed by atoms with van der Waals surface area (Å²) in [5, 5.41) is 10.1. The van der Waals surface area contributed by atoms with Crippen LogP contribution < -0.4 is 10.6 Å². The number of aromatic nitrogens is 2. The summed E-state index contributed by atoms with van der Waals surface area (Å²) in [7, 11) is 0. The van der Waals surface area contributed by atoms with Crippen molar-refractivity contribution in [1.82, 2.24) is 20.8 Å². The van der Waals surface area contributed by atoms with Gasteiger partial charge in [0.1, 0.15) is 5.69 Å². The summed E-state index contributed by atoms with van der Waals surface area (Å²) in [6, 6.07) is 13.4. The monoisotopic (exact) mass is 320 g/mol. The molecule has 0 fully saturated rings. The van der Waals surface area contributed by atoms with Crippen LogP contribution in [-0.2, 0) is 19.6 Å². The maximum absolute atomic E-state index is 12.2. The molecular formula is C18H16N4O2. The van der Waals surface area contributed by atoms with Crippen LogP contribution in [0.5, 0.6) is 0 Å². The van der Waals surface area contributed by atoms with Crippen LogP contribution in [0.4, 0.5) is 0 Å². The normalized spacial score (nSPS) is 12.8. The molecule has 3 aromatic rings. The maximum Gasteiger partial charge on any atom is 0.290 e. The minimum Gasteiger partial charge on any atom is -0.350 e.